The average molecular weight is 125 g/mol. The van der Waals surface area contributed by atoms with E-state index in [1.165, 1.54) is 0 Å². The van der Waals surface area contributed by atoms with E-state index in [2.05, 4.69) is 16.5 Å². The smallest absolute Gasteiger partial charge is 0.202 e. The molecule has 9 heavy (non-hydrogen) atoms. The zero-order valence-corrected chi connectivity index (χ0v) is 5.33. The maximum Gasteiger partial charge on any atom is 0.202 e. The van der Waals surface area contributed by atoms with Crippen LogP contribution in [-0.4, -0.2) is 14.8 Å². The molecule has 2 N–H and O–H groups in total. The Morgan fingerprint density at radius 3 is 3.00 bits per heavy atom. The topological polar surface area (TPSA) is 56.7 Å². The number of rotatable bonds is 2. The van der Waals surface area contributed by atoms with Crippen LogP contribution in [0.4, 0.5) is 0 Å². The van der Waals surface area contributed by atoms with Gasteiger partial charge in [-0.05, 0) is 6.92 Å². The average Bonchev–Trinajstić information content (AvgIpc) is 2.33. The maximum absolute atomic E-state index is 5.33. The molecule has 0 aliphatic heterocycles. The molecule has 0 aliphatic carbocycles. The van der Waals surface area contributed by atoms with Gasteiger partial charge in [0.15, 0.2) is 0 Å². The van der Waals surface area contributed by atoms with Crippen molar-refractivity contribution in [2.75, 3.05) is 0 Å². The highest BCUT2D eigenvalue weighted by molar-refractivity contribution is 4.81. The van der Waals surface area contributed by atoms with E-state index < -0.39 is 0 Å². The Morgan fingerprint density at radius 2 is 2.56 bits per heavy atom. The molecule has 0 amide bonds. The first kappa shape index (κ1) is 6.22. The lowest BCUT2D eigenvalue weighted by Gasteiger charge is -1.96. The molecular formula is C5H9N4. The molecule has 0 unspecified atom stereocenters. The molecule has 1 aromatic rings. The highest BCUT2D eigenvalue weighted by Gasteiger charge is 1.97. The lowest BCUT2D eigenvalue weighted by Crippen LogP contribution is -2.06. The number of aryl methyl sites for hydroxylation is 1. The van der Waals surface area contributed by atoms with Crippen molar-refractivity contribution >= 4 is 0 Å². The molecule has 1 radical (unpaired) electrons. The van der Waals surface area contributed by atoms with Gasteiger partial charge < -0.3 is 10.3 Å². The molecule has 4 heteroatoms. The Morgan fingerprint density at radius 1 is 1.78 bits per heavy atom. The van der Waals surface area contributed by atoms with Crippen LogP contribution in [0.1, 0.15) is 12.7 Å². The van der Waals surface area contributed by atoms with Crippen LogP contribution in [0.2, 0.25) is 0 Å². The van der Waals surface area contributed by atoms with Crippen LogP contribution in [0.25, 0.3) is 0 Å². The highest BCUT2D eigenvalue weighted by atomic mass is 15.3. The predicted octanol–water partition coefficient (Wildman–Crippen LogP) is -0.443. The van der Waals surface area contributed by atoms with Crippen molar-refractivity contribution in [1.82, 2.24) is 14.8 Å². The summed E-state index contributed by atoms with van der Waals surface area (Å²) >= 11 is 0. The number of aromatic nitrogens is 3. The van der Waals surface area contributed by atoms with Gasteiger partial charge in [-0.25, -0.2) is 0 Å². The van der Waals surface area contributed by atoms with E-state index in [-0.39, 0.29) is 0 Å². The molecule has 1 rings (SSSR count). The van der Waals surface area contributed by atoms with Crippen molar-refractivity contribution in [3.63, 3.8) is 0 Å². The van der Waals surface area contributed by atoms with Crippen LogP contribution < -0.4 is 5.73 Å². The fourth-order valence-corrected chi connectivity index (χ4v) is 0.650. The quantitative estimate of drug-likeness (QED) is 0.582. The first-order valence-corrected chi connectivity index (χ1v) is 2.88. The van der Waals surface area contributed by atoms with Gasteiger partial charge in [-0.15, -0.1) is 10.2 Å². The SMILES string of the molecule is CCn1[c]nnc1CN. The minimum absolute atomic E-state index is 0.435. The predicted molar refractivity (Wildman–Crippen MR) is 32.4 cm³/mol. The second kappa shape index (κ2) is 2.59. The normalized spacial score (nSPS) is 10.0. The van der Waals surface area contributed by atoms with Crippen molar-refractivity contribution in [2.45, 2.75) is 20.0 Å². The van der Waals surface area contributed by atoms with Crippen LogP contribution in [0.3, 0.4) is 0 Å². The zero-order chi connectivity index (χ0) is 6.69. The van der Waals surface area contributed by atoms with Crippen molar-refractivity contribution in [3.05, 3.63) is 12.2 Å². The molecule has 0 aromatic carbocycles. The number of nitrogens with zero attached hydrogens (tertiary/aromatic N) is 3. The first-order chi connectivity index (χ1) is 4.38. The van der Waals surface area contributed by atoms with E-state index in [0.717, 1.165) is 12.4 Å². The molecule has 0 fully saturated rings. The van der Waals surface area contributed by atoms with Gasteiger partial charge in [-0.1, -0.05) is 0 Å². The summed E-state index contributed by atoms with van der Waals surface area (Å²) in [6.45, 7) is 3.27. The summed E-state index contributed by atoms with van der Waals surface area (Å²) in [7, 11) is 0. The molecule has 0 spiro atoms. The summed E-state index contributed by atoms with van der Waals surface area (Å²) in [5.74, 6) is 0.789. The van der Waals surface area contributed by atoms with Crippen molar-refractivity contribution in [1.29, 1.82) is 0 Å². The summed E-state index contributed by atoms with van der Waals surface area (Å²) < 4.78 is 1.79. The second-order valence-corrected chi connectivity index (χ2v) is 1.66. The van der Waals surface area contributed by atoms with Crippen LogP contribution in [0.5, 0.6) is 0 Å². The standard InChI is InChI=1S/C5H9N4/c1-2-9-4-7-8-5(9)3-6/h2-3,6H2,1H3. The Bertz CT molecular complexity index is 162. The van der Waals surface area contributed by atoms with Gasteiger partial charge >= 0.3 is 0 Å². The monoisotopic (exact) mass is 125 g/mol. The minimum atomic E-state index is 0.435. The lowest BCUT2D eigenvalue weighted by atomic mass is 10.6. The largest absolute Gasteiger partial charge is 0.324 e. The zero-order valence-electron chi connectivity index (χ0n) is 5.33. The lowest BCUT2D eigenvalue weighted by molar-refractivity contribution is 0.694. The molecule has 0 aliphatic rings. The fraction of sp³-hybridized carbons (Fsp3) is 0.600. The van der Waals surface area contributed by atoms with E-state index in [4.69, 9.17) is 5.73 Å². The molecule has 0 saturated carbocycles. The third kappa shape index (κ3) is 1.08. The molecule has 49 valence electrons. The van der Waals surface area contributed by atoms with Gasteiger partial charge in [0.1, 0.15) is 5.82 Å². The summed E-state index contributed by atoms with van der Waals surface area (Å²) in [6, 6.07) is 0. The molecule has 0 atom stereocenters. The Balaban J connectivity index is 2.85. The fourth-order valence-electron chi connectivity index (χ4n) is 0.650. The number of hydrogen-bond acceptors (Lipinski definition) is 3. The van der Waals surface area contributed by atoms with Gasteiger partial charge in [0, 0.05) is 6.54 Å². The summed E-state index contributed by atoms with van der Waals surface area (Å²) in [6.07, 6.45) is 2.68. The first-order valence-electron chi connectivity index (χ1n) is 2.88. The third-order valence-electron chi connectivity index (χ3n) is 1.14. The highest BCUT2D eigenvalue weighted by Crippen LogP contribution is 1.89. The summed E-state index contributed by atoms with van der Waals surface area (Å²) in [4.78, 5) is 0. The molecule has 0 bridgehead atoms. The van der Waals surface area contributed by atoms with E-state index in [1.54, 1.807) is 4.57 Å². The van der Waals surface area contributed by atoms with Crippen LogP contribution in [-0.2, 0) is 13.1 Å². The van der Waals surface area contributed by atoms with Gasteiger partial charge in [-0.3, -0.25) is 0 Å². The van der Waals surface area contributed by atoms with Crippen LogP contribution in [0.15, 0.2) is 0 Å². The van der Waals surface area contributed by atoms with Gasteiger partial charge in [-0.2, -0.15) is 0 Å². The Labute approximate surface area is 53.7 Å². The van der Waals surface area contributed by atoms with Crippen molar-refractivity contribution in [3.8, 4) is 0 Å². The maximum atomic E-state index is 5.33. The van der Waals surface area contributed by atoms with Gasteiger partial charge in [0.05, 0.1) is 6.54 Å². The molecule has 1 heterocycles. The van der Waals surface area contributed by atoms with Crippen LogP contribution in [0, 0.1) is 6.33 Å². The summed E-state index contributed by atoms with van der Waals surface area (Å²) in [5, 5.41) is 7.31. The molecule has 4 nitrogen and oxygen atoms in total. The van der Waals surface area contributed by atoms with E-state index in [9.17, 15) is 0 Å². The minimum Gasteiger partial charge on any atom is -0.324 e. The Kier molecular flexibility index (Phi) is 1.79. The van der Waals surface area contributed by atoms with Gasteiger partial charge in [0.25, 0.3) is 0 Å². The third-order valence-corrected chi connectivity index (χ3v) is 1.14. The van der Waals surface area contributed by atoms with E-state index in [0.29, 0.717) is 6.54 Å². The van der Waals surface area contributed by atoms with Crippen LogP contribution >= 0.6 is 0 Å². The second-order valence-electron chi connectivity index (χ2n) is 1.66. The number of hydrogen-bond donors (Lipinski definition) is 1. The van der Waals surface area contributed by atoms with Gasteiger partial charge in [0.2, 0.25) is 6.33 Å². The summed E-state index contributed by atoms with van der Waals surface area (Å²) in [5.41, 5.74) is 5.33. The molecule has 0 saturated heterocycles. The molecule has 1 aromatic heterocycles. The van der Waals surface area contributed by atoms with Crippen molar-refractivity contribution < 1.29 is 0 Å². The van der Waals surface area contributed by atoms with E-state index >= 15 is 0 Å². The number of nitrogens with two attached hydrogens (primary N) is 1. The van der Waals surface area contributed by atoms with Crippen molar-refractivity contribution in [2.24, 2.45) is 5.73 Å². The molecular weight excluding hydrogens is 116 g/mol. The van der Waals surface area contributed by atoms with E-state index in [1.807, 2.05) is 6.92 Å². The Hall–Kier alpha value is -0.900.